The lowest BCUT2D eigenvalue weighted by atomic mass is 9.94. The molecule has 0 spiro atoms. The molecule has 0 radical (unpaired) electrons. The van der Waals surface area contributed by atoms with Crippen molar-refractivity contribution in [3.63, 3.8) is 0 Å². The van der Waals surface area contributed by atoms with E-state index in [0.29, 0.717) is 26.1 Å². The minimum atomic E-state index is -0.869. The van der Waals surface area contributed by atoms with Crippen LogP contribution in [0, 0.1) is 0 Å². The summed E-state index contributed by atoms with van der Waals surface area (Å²) in [7, 11) is 0. The predicted octanol–water partition coefficient (Wildman–Crippen LogP) is -2.27. The fraction of sp³-hybridized carbons (Fsp3) is 0.818. The smallest absolute Gasteiger partial charge is 0.239 e. The molecule has 0 saturated carbocycles. The van der Waals surface area contributed by atoms with Crippen LogP contribution in [0.15, 0.2) is 0 Å². The summed E-state index contributed by atoms with van der Waals surface area (Å²) in [6.45, 7) is 1.69. The first kappa shape index (κ1) is 13.3. The number of rotatable bonds is 3. The van der Waals surface area contributed by atoms with Gasteiger partial charge in [0.05, 0.1) is 12.1 Å². The lowest BCUT2D eigenvalue weighted by molar-refractivity contribution is -0.128. The first-order valence-corrected chi connectivity index (χ1v) is 6.17. The number of hydrogen-bond donors (Lipinski definition) is 4. The van der Waals surface area contributed by atoms with E-state index in [1.807, 2.05) is 0 Å². The molecule has 2 saturated heterocycles. The van der Waals surface area contributed by atoms with Gasteiger partial charge in [0, 0.05) is 39.1 Å². The van der Waals surface area contributed by atoms with Crippen molar-refractivity contribution in [2.75, 3.05) is 32.8 Å². The van der Waals surface area contributed by atoms with Gasteiger partial charge in [0.15, 0.2) is 0 Å². The molecule has 1 atom stereocenters. The number of hydrogen-bond acceptors (Lipinski definition) is 5. The zero-order valence-corrected chi connectivity index (χ0v) is 10.2. The van der Waals surface area contributed by atoms with Crippen LogP contribution in [0.2, 0.25) is 0 Å². The van der Waals surface area contributed by atoms with Gasteiger partial charge in [-0.3, -0.25) is 14.9 Å². The third-order valence-corrected chi connectivity index (χ3v) is 3.34. The highest BCUT2D eigenvalue weighted by Crippen LogP contribution is 2.19. The molecule has 7 heteroatoms. The van der Waals surface area contributed by atoms with E-state index >= 15 is 0 Å². The molecule has 4 N–H and O–H groups in total. The van der Waals surface area contributed by atoms with E-state index in [4.69, 9.17) is 4.74 Å². The number of piperazine rings is 1. The van der Waals surface area contributed by atoms with Crippen molar-refractivity contribution in [3.8, 4) is 0 Å². The van der Waals surface area contributed by atoms with E-state index in [0.717, 1.165) is 0 Å². The van der Waals surface area contributed by atoms with Crippen molar-refractivity contribution in [2.24, 2.45) is 0 Å². The van der Waals surface area contributed by atoms with Gasteiger partial charge in [-0.15, -0.1) is 0 Å². The molecule has 2 aliphatic heterocycles. The molecule has 0 aliphatic carbocycles. The zero-order valence-electron chi connectivity index (χ0n) is 10.2. The van der Waals surface area contributed by atoms with E-state index < -0.39 is 11.6 Å². The van der Waals surface area contributed by atoms with E-state index in [2.05, 4.69) is 16.0 Å². The maximum Gasteiger partial charge on any atom is 0.239 e. The predicted molar refractivity (Wildman–Crippen MR) is 62.8 cm³/mol. The third-order valence-electron chi connectivity index (χ3n) is 3.34. The second-order valence-corrected chi connectivity index (χ2v) is 4.79. The molecule has 2 amide bonds. The van der Waals surface area contributed by atoms with Gasteiger partial charge in [0.1, 0.15) is 6.04 Å². The van der Waals surface area contributed by atoms with Crippen LogP contribution < -0.4 is 16.0 Å². The fourth-order valence-corrected chi connectivity index (χ4v) is 2.05. The molecule has 2 fully saturated rings. The average Bonchev–Trinajstić information content (AvgIpc) is 2.38. The summed E-state index contributed by atoms with van der Waals surface area (Å²) in [5.41, 5.74) is -0.869. The molecule has 2 heterocycles. The minimum absolute atomic E-state index is 0.109. The van der Waals surface area contributed by atoms with E-state index in [-0.39, 0.29) is 31.4 Å². The van der Waals surface area contributed by atoms with Gasteiger partial charge < -0.3 is 20.5 Å². The maximum absolute atomic E-state index is 11.8. The van der Waals surface area contributed by atoms with Crippen LogP contribution in [0.25, 0.3) is 0 Å². The summed E-state index contributed by atoms with van der Waals surface area (Å²) < 4.78 is 5.17. The number of ether oxygens (including phenoxy) is 1. The van der Waals surface area contributed by atoms with Crippen LogP contribution in [0.5, 0.6) is 0 Å². The molecule has 2 rings (SSSR count). The molecular weight excluding hydrogens is 238 g/mol. The molecular formula is C11H19N3O4. The maximum atomic E-state index is 11.8. The highest BCUT2D eigenvalue weighted by atomic mass is 16.5. The average molecular weight is 257 g/mol. The molecule has 0 bridgehead atoms. The van der Waals surface area contributed by atoms with Crippen molar-refractivity contribution in [1.82, 2.24) is 16.0 Å². The van der Waals surface area contributed by atoms with Gasteiger partial charge in [0.2, 0.25) is 11.8 Å². The van der Waals surface area contributed by atoms with Crippen LogP contribution in [-0.2, 0) is 14.3 Å². The van der Waals surface area contributed by atoms with Crippen molar-refractivity contribution >= 4 is 11.8 Å². The van der Waals surface area contributed by atoms with Gasteiger partial charge in [-0.25, -0.2) is 0 Å². The Morgan fingerprint density at radius 3 is 2.83 bits per heavy atom. The number of amides is 2. The van der Waals surface area contributed by atoms with Crippen LogP contribution >= 0.6 is 0 Å². The number of nitrogens with one attached hydrogen (secondary N) is 3. The highest BCUT2D eigenvalue weighted by Gasteiger charge is 2.31. The summed E-state index contributed by atoms with van der Waals surface area (Å²) in [6.07, 6.45) is 1.06. The van der Waals surface area contributed by atoms with Crippen LogP contribution in [-0.4, -0.2) is 61.4 Å². The van der Waals surface area contributed by atoms with Crippen LogP contribution in [0.4, 0.5) is 0 Å². The summed E-state index contributed by atoms with van der Waals surface area (Å²) in [6, 6.07) is -0.425. The number of aliphatic hydroxyl groups is 1. The van der Waals surface area contributed by atoms with E-state index in [1.54, 1.807) is 0 Å². The summed E-state index contributed by atoms with van der Waals surface area (Å²) >= 11 is 0. The van der Waals surface area contributed by atoms with Gasteiger partial charge in [-0.1, -0.05) is 0 Å². The monoisotopic (exact) mass is 257 g/mol. The Hall–Kier alpha value is -1.18. The Balaban J connectivity index is 1.75. The molecule has 18 heavy (non-hydrogen) atoms. The zero-order chi connectivity index (χ0) is 13.0. The van der Waals surface area contributed by atoms with Gasteiger partial charge in [-0.2, -0.15) is 0 Å². The Morgan fingerprint density at radius 1 is 1.50 bits per heavy atom. The van der Waals surface area contributed by atoms with Crippen molar-refractivity contribution in [2.45, 2.75) is 24.5 Å². The second-order valence-electron chi connectivity index (χ2n) is 4.79. The van der Waals surface area contributed by atoms with E-state index in [1.165, 1.54) is 0 Å². The third kappa shape index (κ3) is 3.41. The van der Waals surface area contributed by atoms with Crippen LogP contribution in [0.3, 0.4) is 0 Å². The molecule has 7 nitrogen and oxygen atoms in total. The standard InChI is InChI=1S/C11H19N3O4/c15-9-6-12-8(5-13-9)10(16)14-7-11(17)1-3-18-4-2-11/h8,12,17H,1-7H2,(H,13,15)(H,14,16). The molecule has 0 aromatic heterocycles. The SMILES string of the molecule is O=C1CNC(C(=O)NCC2(O)CCOCC2)CN1. The quantitative estimate of drug-likeness (QED) is 0.457. The molecule has 1 unspecified atom stereocenters. The van der Waals surface area contributed by atoms with Gasteiger partial charge in [-0.05, 0) is 0 Å². The second kappa shape index (κ2) is 5.64. The van der Waals surface area contributed by atoms with Gasteiger partial charge in [0.25, 0.3) is 0 Å². The summed E-state index contributed by atoms with van der Waals surface area (Å²) in [5, 5.41) is 18.3. The lowest BCUT2D eigenvalue weighted by Gasteiger charge is -2.33. The lowest BCUT2D eigenvalue weighted by Crippen LogP contribution is -2.59. The minimum Gasteiger partial charge on any atom is -0.388 e. The number of carbonyl (C=O) groups excluding carboxylic acids is 2. The Labute approximate surface area is 105 Å². The normalized spacial score (nSPS) is 27.4. The molecule has 0 aromatic carbocycles. The molecule has 2 aliphatic rings. The summed E-state index contributed by atoms with van der Waals surface area (Å²) in [4.78, 5) is 22.8. The van der Waals surface area contributed by atoms with Crippen molar-refractivity contribution in [3.05, 3.63) is 0 Å². The highest BCUT2D eigenvalue weighted by molar-refractivity contribution is 5.86. The van der Waals surface area contributed by atoms with Crippen LogP contribution in [0.1, 0.15) is 12.8 Å². The first-order chi connectivity index (χ1) is 8.59. The Morgan fingerprint density at radius 2 is 2.22 bits per heavy atom. The summed E-state index contributed by atoms with van der Waals surface area (Å²) in [5.74, 6) is -0.308. The molecule has 102 valence electrons. The molecule has 0 aromatic rings. The largest absolute Gasteiger partial charge is 0.388 e. The fourth-order valence-electron chi connectivity index (χ4n) is 2.05. The van der Waals surface area contributed by atoms with Crippen molar-refractivity contribution < 1.29 is 19.4 Å². The topological polar surface area (TPSA) is 99.7 Å². The van der Waals surface area contributed by atoms with E-state index in [9.17, 15) is 14.7 Å². The first-order valence-electron chi connectivity index (χ1n) is 6.17. The van der Waals surface area contributed by atoms with Gasteiger partial charge >= 0.3 is 0 Å². The Kier molecular flexibility index (Phi) is 4.15. The Bertz CT molecular complexity index is 318. The van der Waals surface area contributed by atoms with Crippen molar-refractivity contribution in [1.29, 1.82) is 0 Å². The number of carbonyl (C=O) groups is 2.